The molecule has 280 valence electrons. The quantitative estimate of drug-likeness (QED) is 0.226. The standard InChI is InChI=1S/C36H51N11O4S/c1-24(22-45-14-12-44(8)13-15-45)49-33-39-26(20-28(40-33)46-16-18-47(19-17-46)34(48)50-35(2,3)4)30-41-32(51-42-30)36(5)11-9-10-27-29(36)25(21-37)31(52-27)38-23-43(6)7/h20,23-24H,9-19,22H2,1-8H3/b38-23+/t24?,36-/m0/s1. The molecule has 1 unspecified atom stereocenters. The molecule has 1 amide bonds. The number of hydrogen-bond acceptors (Lipinski definition) is 14. The summed E-state index contributed by atoms with van der Waals surface area (Å²) < 4.78 is 18.0. The maximum Gasteiger partial charge on any atom is 0.410 e. The molecule has 16 heteroatoms. The van der Waals surface area contributed by atoms with Crippen LogP contribution in [0.25, 0.3) is 11.5 Å². The summed E-state index contributed by atoms with van der Waals surface area (Å²) in [4.78, 5) is 43.5. The van der Waals surface area contributed by atoms with Crippen molar-refractivity contribution in [3.63, 3.8) is 0 Å². The van der Waals surface area contributed by atoms with Crippen molar-refractivity contribution in [3.8, 4) is 23.6 Å². The van der Waals surface area contributed by atoms with Crippen LogP contribution in [0.4, 0.5) is 15.6 Å². The zero-order valence-electron chi connectivity index (χ0n) is 31.7. The lowest BCUT2D eigenvalue weighted by Crippen LogP contribution is -2.50. The normalized spacial score (nSPS) is 20.8. The van der Waals surface area contributed by atoms with Crippen LogP contribution < -0.4 is 9.64 Å². The summed E-state index contributed by atoms with van der Waals surface area (Å²) in [6, 6.07) is 4.50. The fourth-order valence-electron chi connectivity index (χ4n) is 6.88. The Morgan fingerprint density at radius 1 is 1.15 bits per heavy atom. The van der Waals surface area contributed by atoms with Crippen LogP contribution in [0, 0.1) is 11.3 Å². The summed E-state index contributed by atoms with van der Waals surface area (Å²) in [6.07, 6.45) is 3.77. The number of carbonyl (C=O) groups is 1. The lowest BCUT2D eigenvalue weighted by Gasteiger charge is -2.36. The van der Waals surface area contributed by atoms with Crippen LogP contribution in [0.15, 0.2) is 15.6 Å². The SMILES string of the molecule is CC(CN1CCN(C)CC1)Oc1nc(-c2noc([C@@]3(C)CCCc4sc(/N=C/N(C)C)c(C#N)c43)n2)cc(N2CCN(C(=O)OC(C)(C)C)CC2)n1. The first-order valence-corrected chi connectivity index (χ1v) is 18.8. The molecular formula is C36H51N11O4S. The number of aromatic nitrogens is 4. The molecule has 1 aliphatic carbocycles. The second-order valence-corrected chi connectivity index (χ2v) is 16.5. The van der Waals surface area contributed by atoms with Gasteiger partial charge in [0.15, 0.2) is 0 Å². The van der Waals surface area contributed by atoms with Gasteiger partial charge in [0.1, 0.15) is 34.3 Å². The van der Waals surface area contributed by atoms with E-state index in [1.54, 1.807) is 22.6 Å². The molecule has 2 saturated heterocycles. The third kappa shape index (κ3) is 8.48. The Labute approximate surface area is 310 Å². The van der Waals surface area contributed by atoms with E-state index in [9.17, 15) is 10.1 Å². The highest BCUT2D eigenvalue weighted by atomic mass is 32.1. The zero-order chi connectivity index (χ0) is 37.2. The Bertz CT molecular complexity index is 1800. The third-order valence-electron chi connectivity index (χ3n) is 9.61. The van der Waals surface area contributed by atoms with Gasteiger partial charge in [0.25, 0.3) is 0 Å². The Morgan fingerprint density at radius 3 is 2.56 bits per heavy atom. The highest BCUT2D eigenvalue weighted by Crippen LogP contribution is 2.50. The largest absolute Gasteiger partial charge is 0.459 e. The number of amides is 1. The highest BCUT2D eigenvalue weighted by Gasteiger charge is 2.43. The summed E-state index contributed by atoms with van der Waals surface area (Å²) >= 11 is 1.55. The molecule has 2 fully saturated rings. The Hall–Kier alpha value is -4.33. The smallest absolute Gasteiger partial charge is 0.410 e. The van der Waals surface area contributed by atoms with Gasteiger partial charge < -0.3 is 33.6 Å². The number of carbonyl (C=O) groups excluding carboxylic acids is 1. The van der Waals surface area contributed by atoms with Crippen LogP contribution >= 0.6 is 11.3 Å². The van der Waals surface area contributed by atoms with E-state index in [4.69, 9.17) is 28.9 Å². The van der Waals surface area contributed by atoms with Gasteiger partial charge in [-0.1, -0.05) is 5.16 Å². The van der Waals surface area contributed by atoms with Crippen molar-refractivity contribution in [1.82, 2.24) is 39.7 Å². The van der Waals surface area contributed by atoms with Crippen molar-refractivity contribution in [3.05, 3.63) is 28.0 Å². The summed E-state index contributed by atoms with van der Waals surface area (Å²) in [6.45, 7) is 16.5. The number of aliphatic imine (C=N–C) groups is 1. The molecule has 3 aliphatic rings. The van der Waals surface area contributed by atoms with Gasteiger partial charge in [-0.25, -0.2) is 9.79 Å². The van der Waals surface area contributed by atoms with Gasteiger partial charge in [-0.3, -0.25) is 4.90 Å². The molecule has 3 aromatic rings. The van der Waals surface area contributed by atoms with E-state index in [2.05, 4.69) is 44.9 Å². The number of piperazine rings is 2. The zero-order valence-corrected chi connectivity index (χ0v) is 32.5. The molecule has 6 rings (SSSR count). The van der Waals surface area contributed by atoms with Gasteiger partial charge in [0, 0.05) is 89.5 Å². The predicted molar refractivity (Wildman–Crippen MR) is 200 cm³/mol. The minimum absolute atomic E-state index is 0.164. The molecule has 3 aromatic heterocycles. The van der Waals surface area contributed by atoms with Crippen LogP contribution in [0.1, 0.15) is 69.4 Å². The van der Waals surface area contributed by atoms with Crippen LogP contribution in [-0.4, -0.2) is 144 Å². The Balaban J connectivity index is 1.29. The second kappa shape index (κ2) is 15.3. The molecule has 2 atom stereocenters. The van der Waals surface area contributed by atoms with Crippen molar-refractivity contribution in [2.75, 3.05) is 84.9 Å². The van der Waals surface area contributed by atoms with Crippen molar-refractivity contribution < 1.29 is 18.8 Å². The molecule has 0 N–H and O–H groups in total. The lowest BCUT2D eigenvalue weighted by atomic mass is 9.72. The van der Waals surface area contributed by atoms with Crippen molar-refractivity contribution in [2.45, 2.75) is 71.0 Å². The summed E-state index contributed by atoms with van der Waals surface area (Å²) in [7, 11) is 5.95. The van der Waals surface area contributed by atoms with Gasteiger partial charge in [-0.05, 0) is 60.9 Å². The number of fused-ring (bicyclic) bond motifs is 1. The number of likely N-dealkylation sites (N-methyl/N-ethyl adjacent to an activating group) is 1. The summed E-state index contributed by atoms with van der Waals surface area (Å²) in [5.41, 5.74) is 0.708. The van der Waals surface area contributed by atoms with E-state index in [0.29, 0.717) is 60.0 Å². The van der Waals surface area contributed by atoms with Crippen LogP contribution in [0.2, 0.25) is 0 Å². The maximum absolute atomic E-state index is 12.8. The summed E-state index contributed by atoms with van der Waals surface area (Å²) in [5.74, 6) is 1.40. The van der Waals surface area contributed by atoms with Gasteiger partial charge in [-0.15, -0.1) is 11.3 Å². The number of hydrogen-bond donors (Lipinski definition) is 0. The first kappa shape index (κ1) is 37.4. The number of ether oxygens (including phenoxy) is 2. The van der Waals surface area contributed by atoms with E-state index in [0.717, 1.165) is 62.4 Å². The van der Waals surface area contributed by atoms with Crippen LogP contribution in [0.5, 0.6) is 6.01 Å². The molecule has 0 bridgehead atoms. The van der Waals surface area contributed by atoms with Gasteiger partial charge in [0.2, 0.25) is 11.7 Å². The fourth-order valence-corrected chi connectivity index (χ4v) is 8.14. The molecule has 2 aliphatic heterocycles. The predicted octanol–water partition coefficient (Wildman–Crippen LogP) is 4.40. The number of rotatable bonds is 9. The summed E-state index contributed by atoms with van der Waals surface area (Å²) in [5, 5.41) is 15.4. The average molecular weight is 734 g/mol. The number of thiophene rings is 1. The molecule has 52 heavy (non-hydrogen) atoms. The first-order valence-electron chi connectivity index (χ1n) is 18.0. The van der Waals surface area contributed by atoms with Gasteiger partial charge in [-0.2, -0.15) is 20.2 Å². The number of nitrogens with zero attached hydrogens (tertiary/aromatic N) is 11. The minimum atomic E-state index is -0.670. The van der Waals surface area contributed by atoms with Gasteiger partial charge in [0.05, 0.1) is 17.3 Å². The molecule has 0 saturated carbocycles. The molecule has 0 aromatic carbocycles. The Kier molecular flexibility index (Phi) is 11.0. The number of aryl methyl sites for hydroxylation is 1. The fraction of sp³-hybridized carbons (Fsp3) is 0.639. The topological polar surface area (TPSA) is 153 Å². The molecule has 0 radical (unpaired) electrons. The lowest BCUT2D eigenvalue weighted by molar-refractivity contribution is 0.0240. The first-order chi connectivity index (χ1) is 24.7. The van der Waals surface area contributed by atoms with Crippen molar-refractivity contribution in [1.29, 1.82) is 5.26 Å². The van der Waals surface area contributed by atoms with E-state index in [1.807, 2.05) is 52.8 Å². The van der Waals surface area contributed by atoms with Gasteiger partial charge >= 0.3 is 12.1 Å². The van der Waals surface area contributed by atoms with E-state index >= 15 is 0 Å². The second-order valence-electron chi connectivity index (χ2n) is 15.4. The van der Waals surface area contributed by atoms with Crippen molar-refractivity contribution >= 4 is 34.6 Å². The average Bonchev–Trinajstić information content (AvgIpc) is 3.74. The monoisotopic (exact) mass is 733 g/mol. The minimum Gasteiger partial charge on any atom is -0.459 e. The number of nitriles is 1. The highest BCUT2D eigenvalue weighted by molar-refractivity contribution is 7.16. The molecule has 15 nitrogen and oxygen atoms in total. The van der Waals surface area contributed by atoms with Crippen LogP contribution in [0.3, 0.4) is 0 Å². The van der Waals surface area contributed by atoms with Crippen molar-refractivity contribution in [2.24, 2.45) is 4.99 Å². The molecule has 0 spiro atoms. The maximum atomic E-state index is 12.8. The van der Waals surface area contributed by atoms with E-state index in [1.165, 1.54) is 0 Å². The third-order valence-corrected chi connectivity index (χ3v) is 10.8. The number of anilines is 1. The molecular weight excluding hydrogens is 683 g/mol. The van der Waals surface area contributed by atoms with E-state index < -0.39 is 11.0 Å². The molecule has 5 heterocycles. The van der Waals surface area contributed by atoms with Crippen LogP contribution in [-0.2, 0) is 16.6 Å². The van der Waals surface area contributed by atoms with E-state index in [-0.39, 0.29) is 18.2 Å². The Morgan fingerprint density at radius 2 is 1.88 bits per heavy atom.